The maximum absolute atomic E-state index is 12.2. The van der Waals surface area contributed by atoms with Gasteiger partial charge in [0.2, 0.25) is 0 Å². The fourth-order valence-corrected chi connectivity index (χ4v) is 2.73. The van der Waals surface area contributed by atoms with Crippen molar-refractivity contribution in [2.24, 2.45) is 0 Å². The van der Waals surface area contributed by atoms with Crippen LogP contribution in [0.4, 0.5) is 11.4 Å². The van der Waals surface area contributed by atoms with Crippen molar-refractivity contribution >= 4 is 33.2 Å². The lowest BCUT2D eigenvalue weighted by Gasteiger charge is -2.23. The molecule has 1 aromatic carbocycles. The van der Waals surface area contributed by atoms with Crippen LogP contribution in [0.2, 0.25) is 0 Å². The molecule has 1 amide bonds. The van der Waals surface area contributed by atoms with E-state index in [0.717, 1.165) is 22.9 Å². The van der Waals surface area contributed by atoms with Gasteiger partial charge in [-0.15, -0.1) is 0 Å². The maximum atomic E-state index is 12.2. The fraction of sp³-hybridized carbons (Fsp3) is 0.462. The first kappa shape index (κ1) is 13.4. The van der Waals surface area contributed by atoms with Crippen LogP contribution in [0.25, 0.3) is 0 Å². The van der Waals surface area contributed by atoms with E-state index >= 15 is 0 Å². The van der Waals surface area contributed by atoms with E-state index in [2.05, 4.69) is 21.2 Å². The first-order chi connectivity index (χ1) is 8.42. The summed E-state index contributed by atoms with van der Waals surface area (Å²) in [5.74, 6) is -0.128. The minimum atomic E-state index is -0.730. The molecule has 0 bridgehead atoms. The van der Waals surface area contributed by atoms with Crippen molar-refractivity contribution in [1.82, 2.24) is 0 Å². The minimum absolute atomic E-state index is 0.128. The Hall–Kier alpha value is -1.07. The van der Waals surface area contributed by atoms with Gasteiger partial charge in [-0.1, -0.05) is 15.9 Å². The van der Waals surface area contributed by atoms with Crippen LogP contribution >= 0.6 is 15.9 Å². The fourth-order valence-electron chi connectivity index (χ4n) is 2.14. The van der Waals surface area contributed by atoms with Gasteiger partial charge < -0.3 is 15.8 Å². The molecule has 1 heterocycles. The molecule has 1 aromatic rings. The molecule has 1 fully saturated rings. The smallest absolute Gasteiger partial charge is 0.256 e. The average Bonchev–Trinajstić information content (AvgIpc) is 2.71. The Morgan fingerprint density at radius 1 is 1.56 bits per heavy atom. The van der Waals surface area contributed by atoms with Crippen LogP contribution < -0.4 is 11.1 Å². The Labute approximate surface area is 115 Å². The molecular weight excluding hydrogens is 296 g/mol. The molecule has 1 atom stereocenters. The molecule has 18 heavy (non-hydrogen) atoms. The van der Waals surface area contributed by atoms with Gasteiger partial charge in [-0.3, -0.25) is 4.79 Å². The summed E-state index contributed by atoms with van der Waals surface area (Å²) in [4.78, 5) is 12.2. The number of benzene rings is 1. The quantitative estimate of drug-likeness (QED) is 0.825. The number of nitrogen functional groups attached to an aromatic ring is 1. The average molecular weight is 313 g/mol. The molecule has 1 aliphatic rings. The molecule has 4 nitrogen and oxygen atoms in total. The van der Waals surface area contributed by atoms with Crippen molar-refractivity contribution in [3.05, 3.63) is 22.2 Å². The van der Waals surface area contributed by atoms with Crippen molar-refractivity contribution in [3.63, 3.8) is 0 Å². The molecule has 5 heteroatoms. The monoisotopic (exact) mass is 312 g/mol. The highest BCUT2D eigenvalue weighted by atomic mass is 79.9. The van der Waals surface area contributed by atoms with Crippen LogP contribution in [0.5, 0.6) is 0 Å². The van der Waals surface area contributed by atoms with Crippen LogP contribution in [0.1, 0.15) is 25.3 Å². The van der Waals surface area contributed by atoms with E-state index < -0.39 is 5.60 Å². The van der Waals surface area contributed by atoms with E-state index in [1.54, 1.807) is 6.07 Å². The molecule has 3 N–H and O–H groups in total. The third kappa shape index (κ3) is 2.52. The van der Waals surface area contributed by atoms with Gasteiger partial charge in [0, 0.05) is 11.1 Å². The Kier molecular flexibility index (Phi) is 3.64. The Bertz CT molecular complexity index is 459. The Morgan fingerprint density at radius 3 is 2.83 bits per heavy atom. The summed E-state index contributed by atoms with van der Waals surface area (Å²) in [5, 5.41) is 2.88. The lowest BCUT2D eigenvalue weighted by Crippen LogP contribution is -2.39. The molecule has 0 radical (unpaired) electrons. The Balaban J connectivity index is 2.22. The van der Waals surface area contributed by atoms with Crippen molar-refractivity contribution < 1.29 is 9.53 Å². The molecule has 98 valence electrons. The van der Waals surface area contributed by atoms with Crippen molar-refractivity contribution in [2.45, 2.75) is 32.3 Å². The highest BCUT2D eigenvalue weighted by Crippen LogP contribution is 2.31. The molecular formula is C13H17BrN2O2. The van der Waals surface area contributed by atoms with Crippen LogP contribution in [0, 0.1) is 6.92 Å². The van der Waals surface area contributed by atoms with Gasteiger partial charge >= 0.3 is 0 Å². The highest BCUT2D eigenvalue weighted by molar-refractivity contribution is 9.10. The number of rotatable bonds is 2. The number of carbonyl (C=O) groups excluding carboxylic acids is 1. The van der Waals surface area contributed by atoms with Gasteiger partial charge in [0.15, 0.2) is 0 Å². The molecule has 1 saturated heterocycles. The number of ether oxygens (including phenoxy) is 1. The molecule has 1 unspecified atom stereocenters. The molecule has 2 rings (SSSR count). The summed E-state index contributed by atoms with van der Waals surface area (Å²) in [6, 6.07) is 3.70. The maximum Gasteiger partial charge on any atom is 0.256 e. The van der Waals surface area contributed by atoms with Crippen molar-refractivity contribution in [1.29, 1.82) is 0 Å². The summed E-state index contributed by atoms with van der Waals surface area (Å²) >= 11 is 3.37. The molecule has 0 spiro atoms. The van der Waals surface area contributed by atoms with Gasteiger partial charge in [0.1, 0.15) is 5.60 Å². The van der Waals surface area contributed by atoms with Gasteiger partial charge in [0.05, 0.1) is 11.4 Å². The van der Waals surface area contributed by atoms with E-state index in [0.29, 0.717) is 18.0 Å². The summed E-state index contributed by atoms with van der Waals surface area (Å²) in [6.45, 7) is 4.37. The predicted molar refractivity (Wildman–Crippen MR) is 75.5 cm³/mol. The summed E-state index contributed by atoms with van der Waals surface area (Å²) < 4.78 is 6.42. The number of halogens is 1. The SMILES string of the molecule is Cc1cc(Br)cc(N)c1NC(=O)C1(C)CCCO1. The second kappa shape index (κ2) is 4.90. The zero-order valence-corrected chi connectivity index (χ0v) is 12.1. The van der Waals surface area contributed by atoms with E-state index in [1.165, 1.54) is 0 Å². The van der Waals surface area contributed by atoms with E-state index in [9.17, 15) is 4.79 Å². The first-order valence-electron chi connectivity index (χ1n) is 5.93. The number of amides is 1. The molecule has 0 saturated carbocycles. The predicted octanol–water partition coefficient (Wildman–Crippen LogP) is 2.85. The second-order valence-electron chi connectivity index (χ2n) is 4.82. The number of aryl methyl sites for hydroxylation is 1. The third-order valence-corrected chi connectivity index (χ3v) is 3.73. The number of carbonyl (C=O) groups is 1. The van der Waals surface area contributed by atoms with Crippen LogP contribution in [0.3, 0.4) is 0 Å². The van der Waals surface area contributed by atoms with Crippen molar-refractivity contribution in [2.75, 3.05) is 17.7 Å². The van der Waals surface area contributed by atoms with E-state index in [4.69, 9.17) is 10.5 Å². The van der Waals surface area contributed by atoms with Crippen LogP contribution in [0.15, 0.2) is 16.6 Å². The lowest BCUT2D eigenvalue weighted by atomic mass is 10.0. The number of nitrogens with two attached hydrogens (primary N) is 1. The first-order valence-corrected chi connectivity index (χ1v) is 6.73. The number of hydrogen-bond acceptors (Lipinski definition) is 3. The summed E-state index contributed by atoms with van der Waals surface area (Å²) in [7, 11) is 0. The van der Waals surface area contributed by atoms with E-state index in [1.807, 2.05) is 19.9 Å². The highest BCUT2D eigenvalue weighted by Gasteiger charge is 2.38. The second-order valence-corrected chi connectivity index (χ2v) is 5.74. The largest absolute Gasteiger partial charge is 0.397 e. The molecule has 0 aliphatic carbocycles. The van der Waals surface area contributed by atoms with Gasteiger partial charge in [-0.05, 0) is 44.4 Å². The van der Waals surface area contributed by atoms with Gasteiger partial charge in [-0.25, -0.2) is 0 Å². The molecule has 0 aromatic heterocycles. The van der Waals surface area contributed by atoms with E-state index in [-0.39, 0.29) is 5.91 Å². The van der Waals surface area contributed by atoms with Crippen LogP contribution in [-0.2, 0) is 9.53 Å². The zero-order valence-electron chi connectivity index (χ0n) is 10.5. The molecule has 1 aliphatic heterocycles. The minimum Gasteiger partial charge on any atom is -0.397 e. The summed E-state index contributed by atoms with van der Waals surface area (Å²) in [6.07, 6.45) is 1.66. The third-order valence-electron chi connectivity index (χ3n) is 3.27. The summed E-state index contributed by atoms with van der Waals surface area (Å²) in [5.41, 5.74) is 7.34. The Morgan fingerprint density at radius 2 is 2.28 bits per heavy atom. The normalized spacial score (nSPS) is 23.1. The topological polar surface area (TPSA) is 64.3 Å². The number of nitrogens with one attached hydrogen (secondary N) is 1. The standard InChI is InChI=1S/C13H17BrN2O2/c1-8-6-9(14)7-10(15)11(8)16-12(17)13(2)4-3-5-18-13/h6-7H,3-5,15H2,1-2H3,(H,16,17). The van der Waals surface area contributed by atoms with Gasteiger partial charge in [0.25, 0.3) is 5.91 Å². The van der Waals surface area contributed by atoms with Crippen LogP contribution in [-0.4, -0.2) is 18.1 Å². The van der Waals surface area contributed by atoms with Gasteiger partial charge in [-0.2, -0.15) is 0 Å². The lowest BCUT2D eigenvalue weighted by molar-refractivity contribution is -0.133. The number of hydrogen-bond donors (Lipinski definition) is 2. The number of anilines is 2. The zero-order chi connectivity index (χ0) is 13.3. The van der Waals surface area contributed by atoms with Crippen molar-refractivity contribution in [3.8, 4) is 0 Å².